The van der Waals surface area contributed by atoms with E-state index in [-0.39, 0.29) is 31.1 Å². The zero-order chi connectivity index (χ0) is 30.5. The highest BCUT2D eigenvalue weighted by Gasteiger charge is 2.28. The van der Waals surface area contributed by atoms with Gasteiger partial charge in [0.25, 0.3) is 0 Å². The number of hydrogen-bond donors (Lipinski definition) is 4. The topological polar surface area (TPSA) is 137 Å². The van der Waals surface area contributed by atoms with Gasteiger partial charge in [-0.3, -0.25) is 19.5 Å². The summed E-state index contributed by atoms with van der Waals surface area (Å²) < 4.78 is 11.3. The lowest BCUT2D eigenvalue weighted by molar-refractivity contribution is -0.125. The van der Waals surface area contributed by atoms with Crippen LogP contribution in [0.25, 0.3) is 32.8 Å². The largest absolute Gasteiger partial charge is 0.496 e. The van der Waals surface area contributed by atoms with Crippen LogP contribution in [0.15, 0.2) is 58.0 Å². The number of carbonyl (C=O) groups is 2. The molecule has 0 bridgehead atoms. The molecule has 224 valence electrons. The SMILES string of the molecule is COc1cc2c3c([nH]c2cc1-c1c(C)noc1C)NC(C)N=C3c1ccc(NC(=O)CN2CCNC(=O)C2)c2ccccc12. The van der Waals surface area contributed by atoms with Crippen LogP contribution in [0.4, 0.5) is 11.5 Å². The fourth-order valence-corrected chi connectivity index (χ4v) is 6.35. The molecule has 2 amide bonds. The Morgan fingerprint density at radius 2 is 1.91 bits per heavy atom. The van der Waals surface area contributed by atoms with Crippen molar-refractivity contribution in [3.8, 4) is 16.9 Å². The molecule has 4 heterocycles. The van der Waals surface area contributed by atoms with Crippen LogP contribution in [-0.4, -0.2) is 72.0 Å². The van der Waals surface area contributed by atoms with E-state index in [0.29, 0.717) is 24.5 Å². The minimum Gasteiger partial charge on any atom is -0.496 e. The molecule has 2 aliphatic heterocycles. The molecular weight excluding hydrogens is 558 g/mol. The highest BCUT2D eigenvalue weighted by molar-refractivity contribution is 6.28. The molecule has 2 aliphatic rings. The van der Waals surface area contributed by atoms with Crippen LogP contribution in [0.5, 0.6) is 5.75 Å². The molecule has 1 atom stereocenters. The van der Waals surface area contributed by atoms with Crippen molar-refractivity contribution in [3.63, 3.8) is 0 Å². The zero-order valence-corrected chi connectivity index (χ0v) is 25.0. The number of aromatic amines is 1. The fourth-order valence-electron chi connectivity index (χ4n) is 6.35. The normalized spacial score (nSPS) is 16.8. The van der Waals surface area contributed by atoms with Crippen molar-refractivity contribution in [2.24, 2.45) is 4.99 Å². The number of nitrogens with one attached hydrogen (secondary N) is 4. The average molecular weight is 592 g/mol. The predicted octanol–water partition coefficient (Wildman–Crippen LogP) is 4.58. The first-order chi connectivity index (χ1) is 21.3. The smallest absolute Gasteiger partial charge is 0.238 e. The summed E-state index contributed by atoms with van der Waals surface area (Å²) in [5, 5.41) is 16.3. The minimum absolute atomic E-state index is 0.0648. The molecule has 4 N–H and O–H groups in total. The van der Waals surface area contributed by atoms with Gasteiger partial charge in [-0.25, -0.2) is 0 Å². The molecule has 11 nitrogen and oxygen atoms in total. The lowest BCUT2D eigenvalue weighted by atomic mass is 9.93. The first-order valence-corrected chi connectivity index (χ1v) is 14.6. The van der Waals surface area contributed by atoms with Gasteiger partial charge in [0.1, 0.15) is 23.5 Å². The molecule has 2 aromatic heterocycles. The summed E-state index contributed by atoms with van der Waals surface area (Å²) in [7, 11) is 1.66. The number of hydrogen-bond acceptors (Lipinski definition) is 8. The van der Waals surface area contributed by atoms with Crippen molar-refractivity contribution in [3.05, 3.63) is 71.1 Å². The zero-order valence-electron chi connectivity index (χ0n) is 25.0. The van der Waals surface area contributed by atoms with Crippen molar-refractivity contribution >= 4 is 50.7 Å². The van der Waals surface area contributed by atoms with Crippen LogP contribution < -0.4 is 20.7 Å². The van der Waals surface area contributed by atoms with Crippen LogP contribution in [0.2, 0.25) is 0 Å². The second-order valence-corrected chi connectivity index (χ2v) is 11.3. The number of carbonyl (C=O) groups excluding carboxylic acids is 2. The summed E-state index contributed by atoms with van der Waals surface area (Å²) in [5.74, 6) is 2.09. The second kappa shape index (κ2) is 10.8. The van der Waals surface area contributed by atoms with E-state index in [9.17, 15) is 9.59 Å². The fraction of sp³-hybridized carbons (Fsp3) is 0.273. The third kappa shape index (κ3) is 4.75. The summed E-state index contributed by atoms with van der Waals surface area (Å²) >= 11 is 0. The molecule has 3 aromatic carbocycles. The Hall–Kier alpha value is -5.16. The number of nitrogens with zero attached hydrogens (tertiary/aromatic N) is 3. The number of aryl methyl sites for hydroxylation is 2. The number of methoxy groups -OCH3 is 1. The maximum atomic E-state index is 13.0. The van der Waals surface area contributed by atoms with E-state index in [1.807, 2.05) is 62.1 Å². The third-order valence-electron chi connectivity index (χ3n) is 8.27. The number of piperazine rings is 1. The van der Waals surface area contributed by atoms with Crippen molar-refractivity contribution in [2.45, 2.75) is 26.9 Å². The van der Waals surface area contributed by atoms with Gasteiger partial charge in [-0.1, -0.05) is 35.5 Å². The number of rotatable bonds is 6. The number of ether oxygens (including phenoxy) is 1. The minimum atomic E-state index is -0.172. The predicted molar refractivity (Wildman–Crippen MR) is 171 cm³/mol. The Balaban J connectivity index is 1.30. The van der Waals surface area contributed by atoms with E-state index in [2.05, 4.69) is 38.2 Å². The van der Waals surface area contributed by atoms with Gasteiger partial charge >= 0.3 is 0 Å². The highest BCUT2D eigenvalue weighted by Crippen LogP contribution is 2.42. The number of aliphatic imine (C=N–C) groups is 1. The van der Waals surface area contributed by atoms with Gasteiger partial charge < -0.3 is 30.2 Å². The second-order valence-electron chi connectivity index (χ2n) is 11.3. The van der Waals surface area contributed by atoms with Crippen LogP contribution in [0.3, 0.4) is 0 Å². The van der Waals surface area contributed by atoms with Crippen molar-refractivity contribution in [1.29, 1.82) is 0 Å². The Morgan fingerprint density at radius 1 is 1.09 bits per heavy atom. The standard InChI is InChI=1S/C33H33N7O4/c1-17-30(18(2)44-39-17)24-13-26-23(14-27(24)43-4)31-32(35-19(3)36-33(31)38-26)22-9-10-25(21-8-6-5-7-20(21)22)37-29(42)16-40-12-11-34-28(41)15-40/h5-10,13-14,19,36,38H,11-12,15-16H2,1-4H3,(H,34,41)(H,37,42). The van der Waals surface area contributed by atoms with Gasteiger partial charge in [0.05, 0.1) is 42.7 Å². The van der Waals surface area contributed by atoms with Crippen LogP contribution in [0, 0.1) is 13.8 Å². The van der Waals surface area contributed by atoms with Crippen LogP contribution in [-0.2, 0) is 9.59 Å². The van der Waals surface area contributed by atoms with Gasteiger partial charge in [0.15, 0.2) is 0 Å². The summed E-state index contributed by atoms with van der Waals surface area (Å²) in [4.78, 5) is 35.3. The van der Waals surface area contributed by atoms with Gasteiger partial charge in [-0.05, 0) is 44.4 Å². The van der Waals surface area contributed by atoms with Gasteiger partial charge in [-0.15, -0.1) is 0 Å². The lowest BCUT2D eigenvalue weighted by Gasteiger charge is -2.26. The van der Waals surface area contributed by atoms with Gasteiger partial charge in [0.2, 0.25) is 11.8 Å². The molecular formula is C33H33N7O4. The van der Waals surface area contributed by atoms with Crippen molar-refractivity contribution in [2.75, 3.05) is 43.9 Å². The molecule has 44 heavy (non-hydrogen) atoms. The number of fused-ring (bicyclic) bond motifs is 4. The Bertz CT molecular complexity index is 1970. The summed E-state index contributed by atoms with van der Waals surface area (Å²) in [6.07, 6.45) is -0.172. The summed E-state index contributed by atoms with van der Waals surface area (Å²) in [5.41, 5.74) is 7.00. The molecule has 11 heteroatoms. The van der Waals surface area contributed by atoms with E-state index >= 15 is 0 Å². The maximum Gasteiger partial charge on any atom is 0.238 e. The first-order valence-electron chi connectivity index (χ1n) is 14.6. The van der Waals surface area contributed by atoms with Crippen LogP contribution in [0.1, 0.15) is 29.5 Å². The third-order valence-corrected chi connectivity index (χ3v) is 8.27. The monoisotopic (exact) mass is 591 g/mol. The van der Waals surface area contributed by atoms with Crippen molar-refractivity contribution < 1.29 is 18.8 Å². The Morgan fingerprint density at radius 3 is 2.66 bits per heavy atom. The van der Waals surface area contributed by atoms with Crippen LogP contribution >= 0.6 is 0 Å². The number of amides is 2. The Kier molecular flexibility index (Phi) is 6.81. The molecule has 1 unspecified atom stereocenters. The highest BCUT2D eigenvalue weighted by atomic mass is 16.5. The number of benzene rings is 3. The lowest BCUT2D eigenvalue weighted by Crippen LogP contribution is -2.49. The number of H-pyrrole nitrogens is 1. The summed E-state index contributed by atoms with van der Waals surface area (Å²) in [6, 6.07) is 16.1. The molecule has 1 fully saturated rings. The van der Waals surface area contributed by atoms with E-state index in [4.69, 9.17) is 14.3 Å². The first kappa shape index (κ1) is 27.7. The van der Waals surface area contributed by atoms with Gasteiger partial charge in [-0.2, -0.15) is 0 Å². The number of aromatic nitrogens is 2. The quantitative estimate of drug-likeness (QED) is 0.227. The molecule has 0 spiro atoms. The number of anilines is 2. The summed E-state index contributed by atoms with van der Waals surface area (Å²) in [6.45, 7) is 7.39. The molecule has 1 saturated heterocycles. The average Bonchev–Trinajstić information content (AvgIpc) is 3.53. The molecule has 0 radical (unpaired) electrons. The van der Waals surface area contributed by atoms with E-state index in [1.54, 1.807) is 7.11 Å². The van der Waals surface area contributed by atoms with E-state index in [1.165, 1.54) is 0 Å². The van der Waals surface area contributed by atoms with Gasteiger partial charge in [0, 0.05) is 46.2 Å². The molecule has 0 saturated carbocycles. The molecule has 0 aliphatic carbocycles. The maximum absolute atomic E-state index is 13.0. The van der Waals surface area contributed by atoms with Crippen molar-refractivity contribution in [1.82, 2.24) is 20.4 Å². The van der Waals surface area contributed by atoms with E-state index < -0.39 is 0 Å². The van der Waals surface area contributed by atoms with E-state index in [0.717, 1.165) is 66.9 Å². The Labute approximate surface area is 253 Å². The molecule has 7 rings (SSSR count). The molecule has 5 aromatic rings.